The van der Waals surface area contributed by atoms with Gasteiger partial charge in [-0.05, 0) is 36.4 Å². The van der Waals surface area contributed by atoms with Crippen LogP contribution in [-0.2, 0) is 4.79 Å². The highest BCUT2D eigenvalue weighted by Crippen LogP contribution is 2.24. The summed E-state index contributed by atoms with van der Waals surface area (Å²) in [5, 5.41) is 4.57. The monoisotopic (exact) mass is 404 g/mol. The van der Waals surface area contributed by atoms with Crippen molar-refractivity contribution in [1.82, 2.24) is 5.32 Å². The van der Waals surface area contributed by atoms with Crippen LogP contribution in [0, 0.1) is 0 Å². The number of carbonyl (C=O) groups excluding carboxylic acids is 2. The number of hydrogen-bond donors (Lipinski definition) is 2. The van der Waals surface area contributed by atoms with E-state index in [1.807, 2.05) is 0 Å². The van der Waals surface area contributed by atoms with Gasteiger partial charge in [0.2, 0.25) is 5.91 Å². The van der Waals surface area contributed by atoms with Gasteiger partial charge in [0.15, 0.2) is 0 Å². The molecule has 0 heterocycles. The first-order valence-electron chi connectivity index (χ1n) is 7.62. The summed E-state index contributed by atoms with van der Waals surface area (Å²) < 4.78 is 68.9. The van der Waals surface area contributed by atoms with Crippen molar-refractivity contribution in [1.29, 1.82) is 0 Å². The number of halogens is 5. The molecule has 0 spiro atoms. The summed E-state index contributed by atoms with van der Waals surface area (Å²) in [5.74, 6) is -2.32. The number of benzene rings is 2. The van der Waals surface area contributed by atoms with Gasteiger partial charge < -0.3 is 20.1 Å². The maximum absolute atomic E-state index is 12.4. The van der Waals surface area contributed by atoms with Crippen LogP contribution in [0.15, 0.2) is 48.5 Å². The second kappa shape index (κ2) is 9.02. The lowest BCUT2D eigenvalue weighted by atomic mass is 10.2. The van der Waals surface area contributed by atoms with Crippen LogP contribution in [0.1, 0.15) is 10.4 Å². The fraction of sp³-hybridized carbons (Fsp3) is 0.176. The number of hydrogen-bond acceptors (Lipinski definition) is 4. The molecule has 0 aromatic heterocycles. The third-order valence-corrected chi connectivity index (χ3v) is 3.13. The number of alkyl halides is 5. The number of amides is 2. The highest BCUT2D eigenvalue weighted by atomic mass is 19.4. The van der Waals surface area contributed by atoms with E-state index >= 15 is 0 Å². The average Bonchev–Trinajstić information content (AvgIpc) is 2.60. The molecule has 0 atom stereocenters. The molecule has 28 heavy (non-hydrogen) atoms. The van der Waals surface area contributed by atoms with Crippen LogP contribution in [0.3, 0.4) is 0 Å². The van der Waals surface area contributed by atoms with E-state index in [2.05, 4.69) is 20.1 Å². The van der Waals surface area contributed by atoms with Crippen LogP contribution in [-0.4, -0.2) is 31.3 Å². The van der Waals surface area contributed by atoms with Gasteiger partial charge in [-0.1, -0.05) is 12.1 Å². The molecule has 2 N–H and O–H groups in total. The minimum absolute atomic E-state index is 0.162. The van der Waals surface area contributed by atoms with Gasteiger partial charge in [0.05, 0.1) is 12.1 Å². The molecular formula is C17H13F5N2O4. The lowest BCUT2D eigenvalue weighted by Crippen LogP contribution is -2.33. The highest BCUT2D eigenvalue weighted by Gasteiger charge is 2.31. The zero-order chi connectivity index (χ0) is 20.7. The standard InChI is InChI=1S/C17H13F5N2O4/c18-16(19)27-13-4-2-1-3-12(13)15(26)23-9-14(25)24-10-5-7-11(8-6-10)28-17(20,21)22/h1-8,16H,9H2,(H,23,26)(H,24,25). The summed E-state index contributed by atoms with van der Waals surface area (Å²) in [4.78, 5) is 23.9. The zero-order valence-corrected chi connectivity index (χ0v) is 13.9. The van der Waals surface area contributed by atoms with Gasteiger partial charge in [-0.15, -0.1) is 13.2 Å². The fourth-order valence-electron chi connectivity index (χ4n) is 2.05. The highest BCUT2D eigenvalue weighted by molar-refractivity contribution is 6.00. The van der Waals surface area contributed by atoms with Crippen molar-refractivity contribution in [2.45, 2.75) is 13.0 Å². The molecule has 11 heteroatoms. The summed E-state index contributed by atoms with van der Waals surface area (Å²) in [7, 11) is 0. The first kappa shape index (κ1) is 20.9. The van der Waals surface area contributed by atoms with E-state index in [4.69, 9.17) is 0 Å². The van der Waals surface area contributed by atoms with Crippen LogP contribution in [0.2, 0.25) is 0 Å². The molecule has 2 aromatic carbocycles. The van der Waals surface area contributed by atoms with E-state index in [1.165, 1.54) is 36.4 Å². The molecule has 0 saturated heterocycles. The van der Waals surface area contributed by atoms with Crippen molar-refractivity contribution in [3.63, 3.8) is 0 Å². The van der Waals surface area contributed by atoms with E-state index in [1.54, 1.807) is 0 Å². The summed E-state index contributed by atoms with van der Waals surface area (Å²) in [6, 6.07) is 9.58. The molecule has 0 bridgehead atoms. The van der Waals surface area contributed by atoms with E-state index < -0.39 is 37.1 Å². The molecule has 0 aliphatic rings. The van der Waals surface area contributed by atoms with Crippen molar-refractivity contribution in [2.75, 3.05) is 11.9 Å². The number of ether oxygens (including phenoxy) is 2. The van der Waals surface area contributed by atoms with E-state index in [0.29, 0.717) is 0 Å². The first-order chi connectivity index (χ1) is 13.1. The summed E-state index contributed by atoms with van der Waals surface area (Å²) >= 11 is 0. The average molecular weight is 404 g/mol. The quantitative estimate of drug-likeness (QED) is 0.692. The van der Waals surface area contributed by atoms with Gasteiger partial charge in [-0.3, -0.25) is 9.59 Å². The van der Waals surface area contributed by atoms with E-state index in [0.717, 1.165) is 12.1 Å². The zero-order valence-electron chi connectivity index (χ0n) is 13.9. The second-order valence-corrected chi connectivity index (χ2v) is 5.18. The van der Waals surface area contributed by atoms with Crippen LogP contribution in [0.25, 0.3) is 0 Å². The number of para-hydroxylation sites is 1. The Balaban J connectivity index is 1.90. The molecule has 150 valence electrons. The molecule has 0 saturated carbocycles. The van der Waals surface area contributed by atoms with E-state index in [-0.39, 0.29) is 17.0 Å². The Morgan fingerprint density at radius 3 is 2.25 bits per heavy atom. The van der Waals surface area contributed by atoms with Crippen LogP contribution < -0.4 is 20.1 Å². The van der Waals surface area contributed by atoms with Gasteiger partial charge >= 0.3 is 13.0 Å². The largest absolute Gasteiger partial charge is 0.573 e. The Morgan fingerprint density at radius 1 is 1.00 bits per heavy atom. The summed E-state index contributed by atoms with van der Waals surface area (Å²) in [6.07, 6.45) is -4.83. The summed E-state index contributed by atoms with van der Waals surface area (Å²) in [6.45, 7) is -3.63. The maximum atomic E-state index is 12.4. The maximum Gasteiger partial charge on any atom is 0.573 e. The molecule has 0 unspecified atom stereocenters. The lowest BCUT2D eigenvalue weighted by molar-refractivity contribution is -0.274. The van der Waals surface area contributed by atoms with Crippen molar-refractivity contribution in [3.05, 3.63) is 54.1 Å². The van der Waals surface area contributed by atoms with Crippen molar-refractivity contribution in [2.24, 2.45) is 0 Å². The smallest absolute Gasteiger partial charge is 0.434 e. The Hall–Kier alpha value is -3.37. The Labute approximate surface area is 155 Å². The van der Waals surface area contributed by atoms with Crippen molar-refractivity contribution >= 4 is 17.5 Å². The molecule has 0 radical (unpaired) electrons. The number of nitrogens with one attached hydrogen (secondary N) is 2. The SMILES string of the molecule is O=C(CNC(=O)c1ccccc1OC(F)F)Nc1ccc(OC(F)(F)F)cc1. The number of carbonyl (C=O) groups is 2. The van der Waals surface area contributed by atoms with Gasteiger partial charge in [-0.25, -0.2) is 0 Å². The Bertz CT molecular complexity index is 825. The van der Waals surface area contributed by atoms with Crippen LogP contribution in [0.4, 0.5) is 27.6 Å². The molecule has 6 nitrogen and oxygen atoms in total. The van der Waals surface area contributed by atoms with Gasteiger partial charge in [-0.2, -0.15) is 8.78 Å². The van der Waals surface area contributed by atoms with Gasteiger partial charge in [0.25, 0.3) is 5.91 Å². The Morgan fingerprint density at radius 2 is 1.64 bits per heavy atom. The topological polar surface area (TPSA) is 76.7 Å². The minimum Gasteiger partial charge on any atom is -0.434 e. The third kappa shape index (κ3) is 6.74. The number of rotatable bonds is 7. The predicted molar refractivity (Wildman–Crippen MR) is 87.2 cm³/mol. The predicted octanol–water partition coefficient (Wildman–Crippen LogP) is 3.56. The molecule has 2 aromatic rings. The van der Waals surface area contributed by atoms with Crippen molar-refractivity contribution in [3.8, 4) is 11.5 Å². The normalized spacial score (nSPS) is 11.1. The lowest BCUT2D eigenvalue weighted by Gasteiger charge is -2.11. The summed E-state index contributed by atoms with van der Waals surface area (Å²) in [5.41, 5.74) is -0.0283. The number of anilines is 1. The van der Waals surface area contributed by atoms with Gasteiger partial charge in [0, 0.05) is 5.69 Å². The van der Waals surface area contributed by atoms with E-state index in [9.17, 15) is 31.5 Å². The molecular weight excluding hydrogens is 391 g/mol. The van der Waals surface area contributed by atoms with Crippen LogP contribution >= 0.6 is 0 Å². The molecule has 0 aliphatic heterocycles. The fourth-order valence-corrected chi connectivity index (χ4v) is 2.05. The third-order valence-electron chi connectivity index (χ3n) is 3.13. The molecule has 2 amide bonds. The Kier molecular flexibility index (Phi) is 6.74. The van der Waals surface area contributed by atoms with Crippen LogP contribution in [0.5, 0.6) is 11.5 Å². The molecule has 0 aliphatic carbocycles. The molecule has 2 rings (SSSR count). The minimum atomic E-state index is -4.83. The first-order valence-corrected chi connectivity index (χ1v) is 7.62. The van der Waals surface area contributed by atoms with Crippen molar-refractivity contribution < 1.29 is 41.0 Å². The molecule has 0 fully saturated rings. The second-order valence-electron chi connectivity index (χ2n) is 5.18. The van der Waals surface area contributed by atoms with Gasteiger partial charge in [0.1, 0.15) is 11.5 Å².